The lowest BCUT2D eigenvalue weighted by Crippen LogP contribution is -2.17. The van der Waals surface area contributed by atoms with Crippen LogP contribution in [0.3, 0.4) is 0 Å². The van der Waals surface area contributed by atoms with Crippen molar-refractivity contribution < 1.29 is 8.78 Å². The smallest absolute Gasteiger partial charge is 0.174 e. The van der Waals surface area contributed by atoms with E-state index in [1.807, 2.05) is 0 Å². The molecule has 114 valence electrons. The monoisotopic (exact) mass is 282 g/mol. The van der Waals surface area contributed by atoms with Gasteiger partial charge in [0.05, 0.1) is 0 Å². The second kappa shape index (κ2) is 7.95. The molecule has 0 bridgehead atoms. The van der Waals surface area contributed by atoms with Gasteiger partial charge in [0.15, 0.2) is 0 Å². The number of halogens is 2. The Morgan fingerprint density at radius 1 is 0.800 bits per heavy atom. The van der Waals surface area contributed by atoms with Gasteiger partial charge in [-0.05, 0) is 81.1 Å². The van der Waals surface area contributed by atoms with Gasteiger partial charge in [0.1, 0.15) is 0 Å². The Morgan fingerprint density at radius 3 is 1.65 bits per heavy atom. The zero-order valence-electron chi connectivity index (χ0n) is 12.5. The van der Waals surface area contributed by atoms with Crippen molar-refractivity contribution in [2.45, 2.75) is 64.2 Å². The van der Waals surface area contributed by atoms with Crippen LogP contribution in [0.1, 0.15) is 64.2 Å². The van der Waals surface area contributed by atoms with Crippen LogP contribution < -0.4 is 0 Å². The molecular formula is C18H28F2. The Morgan fingerprint density at radius 2 is 1.25 bits per heavy atom. The second-order valence-corrected chi connectivity index (χ2v) is 6.83. The highest BCUT2D eigenvalue weighted by Gasteiger charge is 2.23. The van der Waals surface area contributed by atoms with E-state index in [-0.39, 0.29) is 5.92 Å². The van der Waals surface area contributed by atoms with Crippen molar-refractivity contribution in [1.29, 1.82) is 0 Å². The first-order valence-electron chi connectivity index (χ1n) is 8.32. The maximum absolute atomic E-state index is 12.2. The summed E-state index contributed by atoms with van der Waals surface area (Å²) in [6.07, 6.45) is 14.1. The summed E-state index contributed by atoms with van der Waals surface area (Å²) >= 11 is 0. The van der Waals surface area contributed by atoms with Gasteiger partial charge in [0.2, 0.25) is 0 Å². The highest BCUT2D eigenvalue weighted by molar-refractivity contribution is 4.91. The first kappa shape index (κ1) is 15.7. The molecular weight excluding hydrogens is 254 g/mol. The molecule has 0 saturated heterocycles. The lowest BCUT2D eigenvalue weighted by Gasteiger charge is -2.30. The molecule has 0 atom stereocenters. The first-order chi connectivity index (χ1) is 9.67. The molecule has 0 spiro atoms. The molecule has 2 fully saturated rings. The minimum absolute atomic E-state index is 0.138. The van der Waals surface area contributed by atoms with E-state index in [1.165, 1.54) is 44.6 Å². The first-order valence-corrected chi connectivity index (χ1v) is 8.32. The van der Waals surface area contributed by atoms with Gasteiger partial charge in [-0.1, -0.05) is 18.9 Å². The molecule has 0 aromatic rings. The van der Waals surface area contributed by atoms with Gasteiger partial charge in [-0.2, -0.15) is 8.78 Å². The third kappa shape index (κ3) is 5.03. The van der Waals surface area contributed by atoms with Crippen LogP contribution in [0.2, 0.25) is 0 Å². The van der Waals surface area contributed by atoms with Crippen molar-refractivity contribution in [3.63, 3.8) is 0 Å². The van der Waals surface area contributed by atoms with Gasteiger partial charge in [-0.15, -0.1) is 6.58 Å². The summed E-state index contributed by atoms with van der Waals surface area (Å²) in [6.45, 7) is 3.90. The fourth-order valence-electron chi connectivity index (χ4n) is 4.01. The molecule has 2 saturated carbocycles. The number of hydrogen-bond acceptors (Lipinski definition) is 0. The SMILES string of the molecule is C=CC1CCC(CCC2CCC(C=C(F)F)CC2)CC1. The average molecular weight is 282 g/mol. The molecule has 0 nitrogen and oxygen atoms in total. The van der Waals surface area contributed by atoms with Crippen LogP contribution in [0.25, 0.3) is 0 Å². The summed E-state index contributed by atoms with van der Waals surface area (Å²) in [6, 6.07) is 0. The summed E-state index contributed by atoms with van der Waals surface area (Å²) in [5.74, 6) is 2.59. The van der Waals surface area contributed by atoms with E-state index in [1.54, 1.807) is 0 Å². The molecule has 2 aliphatic rings. The molecule has 0 radical (unpaired) electrons. The molecule has 20 heavy (non-hydrogen) atoms. The molecule has 0 unspecified atom stereocenters. The van der Waals surface area contributed by atoms with Crippen molar-refractivity contribution in [1.82, 2.24) is 0 Å². The van der Waals surface area contributed by atoms with E-state index in [4.69, 9.17) is 0 Å². The minimum Gasteiger partial charge on any atom is -0.174 e. The minimum atomic E-state index is -1.49. The van der Waals surface area contributed by atoms with E-state index in [9.17, 15) is 8.78 Å². The van der Waals surface area contributed by atoms with Crippen molar-refractivity contribution in [2.24, 2.45) is 23.7 Å². The second-order valence-electron chi connectivity index (χ2n) is 6.83. The molecule has 0 aliphatic heterocycles. The van der Waals surface area contributed by atoms with E-state index in [0.717, 1.165) is 43.4 Å². The predicted molar refractivity (Wildman–Crippen MR) is 80.6 cm³/mol. The molecule has 2 heteroatoms. The van der Waals surface area contributed by atoms with Crippen LogP contribution in [0, 0.1) is 23.7 Å². The summed E-state index contributed by atoms with van der Waals surface area (Å²) in [7, 11) is 0. The number of rotatable bonds is 5. The Labute approximate surface area is 122 Å². The molecule has 0 heterocycles. The highest BCUT2D eigenvalue weighted by Crippen LogP contribution is 2.37. The lowest BCUT2D eigenvalue weighted by molar-refractivity contribution is 0.239. The predicted octanol–water partition coefficient (Wildman–Crippen LogP) is 6.35. The standard InChI is InChI=1S/C18H28F2/c1-2-14-3-5-15(6-4-14)7-8-16-9-11-17(12-10-16)13-18(19)20/h2,13-17H,1,3-12H2. The van der Waals surface area contributed by atoms with Gasteiger partial charge in [0.25, 0.3) is 6.08 Å². The highest BCUT2D eigenvalue weighted by atomic mass is 19.3. The number of allylic oxidation sites excluding steroid dienone is 2. The number of hydrogen-bond donors (Lipinski definition) is 0. The van der Waals surface area contributed by atoms with Gasteiger partial charge in [-0.3, -0.25) is 0 Å². The maximum atomic E-state index is 12.2. The quantitative estimate of drug-likeness (QED) is 0.516. The van der Waals surface area contributed by atoms with Crippen LogP contribution in [-0.4, -0.2) is 0 Å². The largest absolute Gasteiger partial charge is 0.266 e. The third-order valence-electron chi connectivity index (χ3n) is 5.46. The van der Waals surface area contributed by atoms with Crippen molar-refractivity contribution >= 4 is 0 Å². The molecule has 0 amide bonds. The van der Waals surface area contributed by atoms with Crippen LogP contribution in [0.4, 0.5) is 8.78 Å². The Balaban J connectivity index is 1.62. The molecule has 0 aromatic carbocycles. The molecule has 0 aromatic heterocycles. The summed E-state index contributed by atoms with van der Waals surface area (Å²) in [4.78, 5) is 0. The fraction of sp³-hybridized carbons (Fsp3) is 0.778. The van der Waals surface area contributed by atoms with E-state index in [2.05, 4.69) is 12.7 Å². The van der Waals surface area contributed by atoms with Crippen molar-refractivity contribution in [3.05, 3.63) is 24.8 Å². The van der Waals surface area contributed by atoms with E-state index in [0.29, 0.717) is 0 Å². The van der Waals surface area contributed by atoms with Crippen LogP contribution >= 0.6 is 0 Å². The average Bonchev–Trinajstić information content (AvgIpc) is 2.46. The van der Waals surface area contributed by atoms with Gasteiger partial charge >= 0.3 is 0 Å². The van der Waals surface area contributed by atoms with Crippen molar-refractivity contribution in [3.8, 4) is 0 Å². The van der Waals surface area contributed by atoms with Crippen molar-refractivity contribution in [2.75, 3.05) is 0 Å². The topological polar surface area (TPSA) is 0 Å². The summed E-state index contributed by atoms with van der Waals surface area (Å²) in [5, 5.41) is 0. The fourth-order valence-corrected chi connectivity index (χ4v) is 4.01. The maximum Gasteiger partial charge on any atom is 0.266 e. The van der Waals surface area contributed by atoms with Gasteiger partial charge in [-0.25, -0.2) is 0 Å². The van der Waals surface area contributed by atoms with Gasteiger partial charge in [0, 0.05) is 0 Å². The molecule has 2 rings (SSSR count). The normalized spacial score (nSPS) is 34.5. The van der Waals surface area contributed by atoms with Crippen LogP contribution in [0.5, 0.6) is 0 Å². The summed E-state index contributed by atoms with van der Waals surface area (Å²) < 4.78 is 24.4. The van der Waals surface area contributed by atoms with Crippen LogP contribution in [0.15, 0.2) is 24.8 Å². The molecule has 0 N–H and O–H groups in total. The third-order valence-corrected chi connectivity index (χ3v) is 5.46. The Hall–Kier alpha value is -0.660. The van der Waals surface area contributed by atoms with Gasteiger partial charge < -0.3 is 0 Å². The molecule has 2 aliphatic carbocycles. The zero-order valence-corrected chi connectivity index (χ0v) is 12.5. The zero-order chi connectivity index (χ0) is 14.4. The summed E-state index contributed by atoms with van der Waals surface area (Å²) in [5.41, 5.74) is 0. The van der Waals surface area contributed by atoms with E-state index < -0.39 is 6.08 Å². The Kier molecular flexibility index (Phi) is 6.25. The lowest BCUT2D eigenvalue weighted by atomic mass is 9.75. The van der Waals surface area contributed by atoms with E-state index >= 15 is 0 Å². The Bertz CT molecular complexity index is 314. The van der Waals surface area contributed by atoms with Crippen LogP contribution in [-0.2, 0) is 0 Å².